The second-order valence-electron chi connectivity index (χ2n) is 15.4. The zero-order valence-corrected chi connectivity index (χ0v) is 38.7. The molecule has 1 aliphatic rings. The Morgan fingerprint density at radius 2 is 1.67 bits per heavy atom. The molecule has 11 N–H and O–H groups in total. The minimum absolute atomic E-state index is 0.00942. The van der Waals surface area contributed by atoms with E-state index < -0.39 is 107 Å². The molecule has 2 aromatic heterocycles. The quantitative estimate of drug-likeness (QED) is 0.0197. The van der Waals surface area contributed by atoms with Crippen LogP contribution in [0.2, 0.25) is 0 Å². The lowest BCUT2D eigenvalue weighted by Gasteiger charge is -2.30. The average Bonchev–Trinajstić information content (AvgIpc) is 3.82. The number of aliphatic carboxylic acids is 1. The number of hydrogen-bond donors (Lipinski definition) is 10. The van der Waals surface area contributed by atoms with E-state index in [1.54, 1.807) is 36.4 Å². The number of aliphatic hydroxyl groups excluding tert-OH is 2. The molecule has 2 aromatic carbocycles. The van der Waals surface area contributed by atoms with Gasteiger partial charge in [0.1, 0.15) is 48.0 Å². The SMILES string of the molecule is CC(C)(COP(=O)(O)OP(=O)(O)OC[C@H]1O[C@@H](n2cnc3c(N)ncnc32)[C@H](O)[C@@H]1OP(=O)(O)O)[C@@H](O)C(=O)NCCC(=O)NCCSC(=O)C(C=O)(CC(=O)O)c1cccc2ccccc12. The van der Waals surface area contributed by atoms with E-state index in [0.717, 1.165) is 17.2 Å². The fraction of sp³-hybridized carbons (Fsp3) is 0.444. The van der Waals surface area contributed by atoms with E-state index in [4.69, 9.17) is 19.5 Å². The van der Waals surface area contributed by atoms with E-state index in [1.807, 2.05) is 0 Å². The first-order valence-electron chi connectivity index (χ1n) is 19.5. The Kier molecular flexibility index (Phi) is 17.3. The molecule has 2 amide bonds. The van der Waals surface area contributed by atoms with Gasteiger partial charge in [-0.3, -0.25) is 37.3 Å². The molecule has 1 aliphatic heterocycles. The van der Waals surface area contributed by atoms with Crippen LogP contribution in [0.5, 0.6) is 0 Å². The minimum Gasteiger partial charge on any atom is -0.481 e. The lowest BCUT2D eigenvalue weighted by atomic mass is 9.77. The predicted molar refractivity (Wildman–Crippen MR) is 231 cm³/mol. The van der Waals surface area contributed by atoms with Crippen LogP contribution in [0.3, 0.4) is 0 Å². The van der Waals surface area contributed by atoms with E-state index in [0.29, 0.717) is 28.8 Å². The van der Waals surface area contributed by atoms with Crippen molar-refractivity contribution in [3.8, 4) is 0 Å². The number of phosphoric ester groups is 3. The summed E-state index contributed by atoms with van der Waals surface area (Å²) in [6.45, 7) is -0.121. The Morgan fingerprint density at radius 3 is 2.36 bits per heavy atom. The molecule has 8 atom stereocenters. The number of carboxylic acids is 1. The van der Waals surface area contributed by atoms with Crippen LogP contribution in [-0.2, 0) is 65.7 Å². The Bertz CT molecular complexity index is 2630. The van der Waals surface area contributed by atoms with Crippen molar-refractivity contribution < 1.29 is 95.2 Å². The van der Waals surface area contributed by atoms with Crippen molar-refractivity contribution in [3.63, 3.8) is 0 Å². The molecule has 0 bridgehead atoms. The third-order valence-corrected chi connectivity index (χ3v) is 14.1. The molecule has 3 unspecified atom stereocenters. The summed E-state index contributed by atoms with van der Waals surface area (Å²) in [7, 11) is -16.6. The molecule has 0 aliphatic carbocycles. The number of nitrogens with zero attached hydrogens (tertiary/aromatic N) is 4. The Morgan fingerprint density at radius 1 is 0.985 bits per heavy atom. The van der Waals surface area contributed by atoms with E-state index in [9.17, 15) is 72.6 Å². The number of benzene rings is 2. The zero-order valence-electron chi connectivity index (χ0n) is 35.2. The van der Waals surface area contributed by atoms with Gasteiger partial charge in [0, 0.05) is 30.7 Å². The molecule has 0 saturated carbocycles. The highest BCUT2D eigenvalue weighted by Crippen LogP contribution is 2.61. The number of nitrogen functional groups attached to an aromatic ring is 1. The van der Waals surface area contributed by atoms with Gasteiger partial charge in [0.2, 0.25) is 16.9 Å². The normalized spacial score (nSPS) is 20.9. The van der Waals surface area contributed by atoms with Crippen molar-refractivity contribution in [1.82, 2.24) is 30.2 Å². The van der Waals surface area contributed by atoms with Crippen LogP contribution in [0.25, 0.3) is 21.9 Å². The summed E-state index contributed by atoms with van der Waals surface area (Å²) in [5.41, 5.74) is 2.35. The number of aliphatic hydroxyl groups is 2. The summed E-state index contributed by atoms with van der Waals surface area (Å²) in [6, 6.07) is 11.7. The van der Waals surface area contributed by atoms with Crippen LogP contribution in [0.4, 0.5) is 5.82 Å². The van der Waals surface area contributed by atoms with Gasteiger partial charge in [-0.1, -0.05) is 68.1 Å². The maximum atomic E-state index is 13.4. The number of anilines is 1. The van der Waals surface area contributed by atoms with Crippen molar-refractivity contribution in [3.05, 3.63) is 60.7 Å². The van der Waals surface area contributed by atoms with Gasteiger partial charge in [-0.25, -0.2) is 28.6 Å². The highest BCUT2D eigenvalue weighted by Gasteiger charge is 2.50. The molecule has 1 saturated heterocycles. The van der Waals surface area contributed by atoms with Gasteiger partial charge in [-0.05, 0) is 16.3 Å². The number of carboxylic acid groups (broad SMARTS) is 1. The Balaban J connectivity index is 1.07. The zero-order chi connectivity index (χ0) is 49.5. The number of rotatable bonds is 24. The van der Waals surface area contributed by atoms with Crippen LogP contribution >= 0.6 is 35.2 Å². The maximum absolute atomic E-state index is 13.4. The van der Waals surface area contributed by atoms with Gasteiger partial charge in [0.15, 0.2) is 17.7 Å². The van der Waals surface area contributed by atoms with Gasteiger partial charge in [-0.15, -0.1) is 0 Å². The number of nitrogens with one attached hydrogen (secondary N) is 2. The summed E-state index contributed by atoms with van der Waals surface area (Å²) < 4.78 is 62.4. The number of hydrogen-bond acceptors (Lipinski definition) is 20. The van der Waals surface area contributed by atoms with Crippen molar-refractivity contribution in [1.29, 1.82) is 0 Å². The first-order chi connectivity index (χ1) is 31.3. The van der Waals surface area contributed by atoms with Crippen molar-refractivity contribution in [2.45, 2.75) is 62.7 Å². The number of amides is 2. The van der Waals surface area contributed by atoms with Crippen LogP contribution in [-0.4, -0.2) is 140 Å². The molecular weight excluding hydrogens is 975 g/mol. The number of aldehydes is 1. The van der Waals surface area contributed by atoms with E-state index in [2.05, 4.69) is 34.4 Å². The molecule has 1 fully saturated rings. The number of ether oxygens (including phenoxy) is 1. The van der Waals surface area contributed by atoms with E-state index >= 15 is 0 Å². The third kappa shape index (κ3) is 13.6. The van der Waals surface area contributed by atoms with Crippen molar-refractivity contribution in [2.24, 2.45) is 5.41 Å². The molecule has 31 heteroatoms. The maximum Gasteiger partial charge on any atom is 0.481 e. The Hall–Kier alpha value is -4.60. The smallest absolute Gasteiger partial charge is 0.481 e. The summed E-state index contributed by atoms with van der Waals surface area (Å²) in [4.78, 5) is 114. The number of aromatic nitrogens is 4. The molecule has 67 heavy (non-hydrogen) atoms. The lowest BCUT2D eigenvalue weighted by Crippen LogP contribution is -2.46. The van der Waals surface area contributed by atoms with Crippen molar-refractivity contribution in [2.75, 3.05) is 37.8 Å². The first-order valence-corrected chi connectivity index (χ1v) is 25.0. The number of carbonyl (C=O) groups is 5. The number of thioether (sulfide) groups is 1. The standard InChI is InChI=1S/C36H46N7O20P3S/c1-35(2,29(49)32(50)39-11-10-24(45)38-12-13-67-34(51)36(16-44,14-25(46)47)22-9-5-7-20-6-3-4-8-21(20)22)17-60-66(57,58)63-65(55,56)59-15-23-28(62-64(52,53)54)27(48)33(61-23)43-19-42-26-30(37)40-18-41-31(26)43/h3-9,16,18-19,23,27-29,33,48-49H,10-15,17H2,1-2H3,(H,38,45)(H,39,50)(H,46,47)(H,55,56)(H,57,58)(H2,37,40,41)(H2,52,53,54)/t23-,27-,28-,29+,33-,36?/m1/s1. The number of nitrogens with two attached hydrogens (primary N) is 1. The highest BCUT2D eigenvalue weighted by molar-refractivity contribution is 8.13. The molecule has 27 nitrogen and oxygen atoms in total. The lowest BCUT2D eigenvalue weighted by molar-refractivity contribution is -0.142. The van der Waals surface area contributed by atoms with Crippen molar-refractivity contribution >= 4 is 92.2 Å². The average molecular weight is 1020 g/mol. The highest BCUT2D eigenvalue weighted by atomic mass is 32.2. The van der Waals surface area contributed by atoms with Gasteiger partial charge in [0.05, 0.1) is 26.0 Å². The predicted octanol–water partition coefficient (Wildman–Crippen LogP) is 0.430. The van der Waals surface area contributed by atoms with E-state index in [1.165, 1.54) is 19.9 Å². The van der Waals surface area contributed by atoms with E-state index in [-0.39, 0.29) is 47.8 Å². The van der Waals surface area contributed by atoms with Crippen LogP contribution in [0.1, 0.15) is 38.5 Å². The topological polar surface area (TPSA) is 418 Å². The second-order valence-corrected chi connectivity index (χ2v) is 20.7. The largest absolute Gasteiger partial charge is 0.481 e. The Labute approximate surface area is 383 Å². The summed E-state index contributed by atoms with van der Waals surface area (Å²) in [5.74, 6) is -3.15. The molecule has 0 spiro atoms. The number of fused-ring (bicyclic) bond motifs is 2. The number of imidazole rings is 1. The molecule has 4 aromatic rings. The molecule has 3 heterocycles. The fourth-order valence-corrected chi connectivity index (χ4v) is 10.4. The second kappa shape index (κ2) is 21.8. The summed E-state index contributed by atoms with van der Waals surface area (Å²) in [5, 5.41) is 36.5. The van der Waals surface area contributed by atoms with Gasteiger partial charge < -0.3 is 60.8 Å². The van der Waals surface area contributed by atoms with Gasteiger partial charge >= 0.3 is 29.4 Å². The summed E-state index contributed by atoms with van der Waals surface area (Å²) in [6.07, 6.45) is -7.81. The molecular formula is C36H46N7O20P3S. The molecule has 0 radical (unpaired) electrons. The van der Waals surface area contributed by atoms with Crippen LogP contribution in [0.15, 0.2) is 55.1 Å². The van der Waals surface area contributed by atoms with Crippen LogP contribution < -0.4 is 16.4 Å². The number of phosphoric acid groups is 3. The fourth-order valence-electron chi connectivity index (χ4n) is 6.69. The summed E-state index contributed by atoms with van der Waals surface area (Å²) >= 11 is 0.653. The molecule has 366 valence electrons. The van der Waals surface area contributed by atoms with Gasteiger partial charge in [-0.2, -0.15) is 4.31 Å². The van der Waals surface area contributed by atoms with Gasteiger partial charge in [0.25, 0.3) is 0 Å². The molecule has 5 rings (SSSR count). The monoisotopic (exact) mass is 1020 g/mol. The number of carbonyl (C=O) groups excluding carboxylic acids is 4. The first kappa shape index (κ1) is 53.4. The third-order valence-electron chi connectivity index (χ3n) is 10.0. The van der Waals surface area contributed by atoms with Crippen LogP contribution in [0, 0.1) is 5.41 Å². The minimum atomic E-state index is -5.63.